The van der Waals surface area contributed by atoms with Gasteiger partial charge in [-0.3, -0.25) is 5.43 Å². The molecule has 0 heterocycles. The molecule has 0 fully saturated rings. The van der Waals surface area contributed by atoms with Crippen LogP contribution in [0.5, 0.6) is 11.5 Å². The number of rotatable bonds is 6. The lowest BCUT2D eigenvalue weighted by molar-refractivity contribution is 0.341. The molecule has 0 amide bonds. The third-order valence-electron chi connectivity index (χ3n) is 2.83. The monoisotopic (exact) mass is 343 g/mol. The van der Waals surface area contributed by atoms with Gasteiger partial charge in [-0.15, -0.1) is 5.11 Å². The van der Waals surface area contributed by atoms with Crippen LogP contribution in [0.4, 0.5) is 11.4 Å². The van der Waals surface area contributed by atoms with Gasteiger partial charge in [0.1, 0.15) is 17.2 Å². The summed E-state index contributed by atoms with van der Waals surface area (Å²) in [5.74, 6) is 0.710. The van der Waals surface area contributed by atoms with Crippen LogP contribution >= 0.6 is 12.2 Å². The Labute approximate surface area is 144 Å². The van der Waals surface area contributed by atoms with Gasteiger partial charge in [-0.25, -0.2) is 0 Å². The predicted molar refractivity (Wildman–Crippen MR) is 97.4 cm³/mol. The summed E-state index contributed by atoms with van der Waals surface area (Å²) in [6.45, 7) is 2.45. The lowest BCUT2D eigenvalue weighted by atomic mass is 10.2. The van der Waals surface area contributed by atoms with Crippen LogP contribution in [0.25, 0.3) is 0 Å². The van der Waals surface area contributed by atoms with E-state index in [4.69, 9.17) is 10.5 Å². The van der Waals surface area contributed by atoms with Gasteiger partial charge in [-0.05, 0) is 49.5 Å². The molecule has 7 nitrogen and oxygen atoms in total. The topological polar surface area (TPSA) is 105 Å². The molecule has 8 heteroatoms. The minimum absolute atomic E-state index is 0.0362. The van der Waals surface area contributed by atoms with Gasteiger partial charge in [0.25, 0.3) is 0 Å². The smallest absolute Gasteiger partial charge is 0.184 e. The summed E-state index contributed by atoms with van der Waals surface area (Å²) < 4.78 is 5.50. The summed E-state index contributed by atoms with van der Waals surface area (Å²) in [4.78, 5) is 0. The molecule has 2 aromatic carbocycles. The van der Waals surface area contributed by atoms with E-state index in [1.54, 1.807) is 12.1 Å². The Morgan fingerprint density at radius 2 is 2.08 bits per heavy atom. The molecule has 124 valence electrons. The second kappa shape index (κ2) is 8.59. The van der Waals surface area contributed by atoms with E-state index in [9.17, 15) is 5.11 Å². The lowest BCUT2D eigenvalue weighted by Gasteiger charge is -2.05. The Balaban J connectivity index is 2.21. The fourth-order valence-electron chi connectivity index (χ4n) is 1.80. The van der Waals surface area contributed by atoms with Crippen LogP contribution in [0.1, 0.15) is 12.5 Å². The van der Waals surface area contributed by atoms with Gasteiger partial charge in [-0.2, -0.15) is 10.2 Å². The van der Waals surface area contributed by atoms with E-state index in [0.717, 1.165) is 0 Å². The molecule has 0 spiro atoms. The number of nitrogens with one attached hydrogen (secondary N) is 1. The maximum absolute atomic E-state index is 9.82. The number of hydrogen-bond donors (Lipinski definition) is 3. The van der Waals surface area contributed by atoms with Gasteiger partial charge < -0.3 is 15.6 Å². The highest BCUT2D eigenvalue weighted by Gasteiger charge is 2.03. The summed E-state index contributed by atoms with van der Waals surface area (Å²) in [5.41, 5.74) is 9.32. The first-order valence-corrected chi connectivity index (χ1v) is 7.56. The molecular formula is C16H17N5O2S. The number of phenolic OH excluding ortho intramolecular Hbond substituents is 1. The summed E-state index contributed by atoms with van der Waals surface area (Å²) in [6.07, 6.45) is 1.39. The van der Waals surface area contributed by atoms with Crippen LogP contribution in [0, 0.1) is 0 Å². The number of benzene rings is 2. The van der Waals surface area contributed by atoms with Gasteiger partial charge in [0.05, 0.1) is 18.5 Å². The minimum atomic E-state index is 0.0362. The molecule has 0 saturated carbocycles. The molecule has 2 rings (SSSR count). The average Bonchev–Trinajstić information content (AvgIpc) is 2.56. The molecule has 2 aromatic rings. The third kappa shape index (κ3) is 5.03. The maximum atomic E-state index is 9.82. The van der Waals surface area contributed by atoms with Crippen molar-refractivity contribution >= 4 is 34.9 Å². The second-order valence-corrected chi connectivity index (χ2v) is 5.02. The molecule has 4 N–H and O–H groups in total. The summed E-state index contributed by atoms with van der Waals surface area (Å²) in [6, 6.07) is 12.1. The number of azo groups is 1. The van der Waals surface area contributed by atoms with Crippen LogP contribution in [-0.4, -0.2) is 23.0 Å². The molecule has 24 heavy (non-hydrogen) atoms. The minimum Gasteiger partial charge on any atom is -0.507 e. The van der Waals surface area contributed by atoms with E-state index in [0.29, 0.717) is 29.3 Å². The van der Waals surface area contributed by atoms with Gasteiger partial charge in [0.2, 0.25) is 0 Å². The second-order valence-electron chi connectivity index (χ2n) is 4.58. The van der Waals surface area contributed by atoms with E-state index < -0.39 is 0 Å². The number of ether oxygens (including phenoxy) is 1. The molecule has 0 aliphatic carbocycles. The summed E-state index contributed by atoms with van der Waals surface area (Å²) in [7, 11) is 0. The molecular weight excluding hydrogens is 326 g/mol. The van der Waals surface area contributed by atoms with Gasteiger partial charge in [-0.1, -0.05) is 12.1 Å². The Hall–Kier alpha value is -3.00. The number of thiocarbonyl (C=S) groups is 1. The van der Waals surface area contributed by atoms with Crippen LogP contribution in [0.2, 0.25) is 0 Å². The molecule has 0 saturated heterocycles. The molecule has 0 radical (unpaired) electrons. The standard InChI is InChI=1S/C16H17N5O2S/c1-2-23-15-6-4-3-5-13(15)20-19-12-7-8-14(22)11(9-12)10-18-21-16(17)24/h3-10,22H,2H2,1H3,(H3,17,21,24). The number of aromatic hydroxyl groups is 1. The van der Waals surface area contributed by atoms with Crippen LogP contribution < -0.4 is 15.9 Å². The quantitative estimate of drug-likeness (QED) is 0.323. The molecule has 0 aliphatic heterocycles. The zero-order chi connectivity index (χ0) is 17.4. The summed E-state index contributed by atoms with van der Waals surface area (Å²) in [5, 5.41) is 22.0. The first kappa shape index (κ1) is 17.4. The van der Waals surface area contributed by atoms with Crippen LogP contribution in [0.3, 0.4) is 0 Å². The van der Waals surface area contributed by atoms with E-state index >= 15 is 0 Å². The fraction of sp³-hybridized carbons (Fsp3) is 0.125. The third-order valence-corrected chi connectivity index (χ3v) is 2.92. The summed E-state index contributed by atoms with van der Waals surface area (Å²) >= 11 is 4.64. The van der Waals surface area contributed by atoms with Crippen molar-refractivity contribution in [3.63, 3.8) is 0 Å². The molecule has 0 bridgehead atoms. The number of nitrogens with zero attached hydrogens (tertiary/aromatic N) is 3. The number of hydrogen-bond acceptors (Lipinski definition) is 6. The van der Waals surface area contributed by atoms with E-state index in [1.807, 2.05) is 31.2 Å². The van der Waals surface area contributed by atoms with Crippen LogP contribution in [-0.2, 0) is 0 Å². The van der Waals surface area contributed by atoms with E-state index in [2.05, 4.69) is 33.0 Å². The number of phenols is 1. The highest BCUT2D eigenvalue weighted by Crippen LogP contribution is 2.29. The Kier molecular flexibility index (Phi) is 6.21. The Morgan fingerprint density at radius 3 is 2.83 bits per heavy atom. The first-order valence-electron chi connectivity index (χ1n) is 7.15. The van der Waals surface area contributed by atoms with Gasteiger partial charge in [0, 0.05) is 5.56 Å². The van der Waals surface area contributed by atoms with Crippen molar-refractivity contribution in [2.45, 2.75) is 6.92 Å². The maximum Gasteiger partial charge on any atom is 0.184 e. The van der Waals surface area contributed by atoms with Gasteiger partial charge >= 0.3 is 0 Å². The largest absolute Gasteiger partial charge is 0.507 e. The molecule has 0 aliphatic rings. The van der Waals surface area contributed by atoms with E-state index in [-0.39, 0.29) is 10.9 Å². The van der Waals surface area contributed by atoms with Crippen molar-refractivity contribution in [2.24, 2.45) is 21.1 Å². The normalized spacial score (nSPS) is 11.0. The van der Waals surface area contributed by atoms with Crippen LogP contribution in [0.15, 0.2) is 57.8 Å². The van der Waals surface area contributed by atoms with Crippen molar-refractivity contribution in [1.29, 1.82) is 0 Å². The number of nitrogens with two attached hydrogens (primary N) is 1. The number of hydrazone groups is 1. The zero-order valence-corrected chi connectivity index (χ0v) is 13.8. The predicted octanol–water partition coefficient (Wildman–Crippen LogP) is 3.37. The molecule has 0 atom stereocenters. The highest BCUT2D eigenvalue weighted by molar-refractivity contribution is 7.80. The molecule has 0 unspecified atom stereocenters. The zero-order valence-electron chi connectivity index (χ0n) is 13.0. The van der Waals surface area contributed by atoms with Gasteiger partial charge in [0.15, 0.2) is 5.11 Å². The fourth-order valence-corrected chi connectivity index (χ4v) is 1.85. The SMILES string of the molecule is CCOc1ccccc1N=Nc1ccc(O)c(C=NNC(N)=S)c1. The Bertz CT molecular complexity index is 777. The van der Waals surface area contributed by atoms with Crippen molar-refractivity contribution < 1.29 is 9.84 Å². The Morgan fingerprint density at radius 1 is 1.29 bits per heavy atom. The molecule has 0 aromatic heterocycles. The number of para-hydroxylation sites is 1. The van der Waals surface area contributed by atoms with Crippen molar-refractivity contribution in [3.8, 4) is 11.5 Å². The van der Waals surface area contributed by atoms with Crippen molar-refractivity contribution in [3.05, 3.63) is 48.0 Å². The first-order chi connectivity index (χ1) is 11.6. The highest BCUT2D eigenvalue weighted by atomic mass is 32.1. The van der Waals surface area contributed by atoms with Crippen molar-refractivity contribution in [2.75, 3.05) is 6.61 Å². The van der Waals surface area contributed by atoms with E-state index in [1.165, 1.54) is 12.3 Å². The lowest BCUT2D eigenvalue weighted by Crippen LogP contribution is -2.23. The average molecular weight is 343 g/mol. The van der Waals surface area contributed by atoms with Crippen molar-refractivity contribution in [1.82, 2.24) is 5.43 Å².